The Bertz CT molecular complexity index is 923. The summed E-state index contributed by atoms with van der Waals surface area (Å²) in [5.41, 5.74) is 2.50. The van der Waals surface area contributed by atoms with Gasteiger partial charge < -0.3 is 9.80 Å². The van der Waals surface area contributed by atoms with E-state index in [1.165, 1.54) is 25.9 Å². The number of aromatic nitrogens is 3. The molecule has 0 aliphatic carbocycles. The number of hydrogen-bond acceptors (Lipinski definition) is 6. The molecule has 27 heavy (non-hydrogen) atoms. The number of Topliss-reactive ketones (excluding diaryl/α,β-unsaturated/α-hetero) is 1. The molecule has 3 aromatic rings. The van der Waals surface area contributed by atoms with E-state index in [1.54, 1.807) is 18.3 Å². The number of ketones is 1. The Hall–Kier alpha value is -2.25. The quantitative estimate of drug-likeness (QED) is 0.632. The molecule has 1 saturated heterocycles. The molecule has 2 aromatic heterocycles. The highest BCUT2D eigenvalue weighted by Crippen LogP contribution is 2.28. The van der Waals surface area contributed by atoms with Crippen molar-refractivity contribution in [2.24, 2.45) is 5.92 Å². The van der Waals surface area contributed by atoms with Gasteiger partial charge in [-0.3, -0.25) is 4.79 Å². The Morgan fingerprint density at radius 3 is 2.81 bits per heavy atom. The maximum absolute atomic E-state index is 11.6. The van der Waals surface area contributed by atoms with Gasteiger partial charge >= 0.3 is 0 Å². The second-order valence-electron chi connectivity index (χ2n) is 7.50. The van der Waals surface area contributed by atoms with Crippen LogP contribution < -0.4 is 4.90 Å². The fraction of sp³-hybridized carbons (Fsp3) is 0.450. The highest BCUT2D eigenvalue weighted by Gasteiger charge is 2.20. The van der Waals surface area contributed by atoms with Crippen LogP contribution in [0.1, 0.15) is 30.1 Å². The van der Waals surface area contributed by atoms with E-state index in [-0.39, 0.29) is 5.78 Å². The van der Waals surface area contributed by atoms with Crippen LogP contribution in [0.4, 0.5) is 5.13 Å². The minimum atomic E-state index is 0.0637. The third-order valence-corrected chi connectivity index (χ3v) is 6.33. The highest BCUT2D eigenvalue weighted by atomic mass is 32.1. The van der Waals surface area contributed by atoms with Crippen molar-refractivity contribution in [2.45, 2.75) is 19.8 Å². The third kappa shape index (κ3) is 3.89. The lowest BCUT2D eigenvalue weighted by Crippen LogP contribution is -2.35. The molecular weight excluding hydrogens is 358 g/mol. The van der Waals surface area contributed by atoms with Gasteiger partial charge in [0.2, 0.25) is 10.1 Å². The van der Waals surface area contributed by atoms with Crippen molar-refractivity contribution >= 4 is 27.2 Å². The summed E-state index contributed by atoms with van der Waals surface area (Å²) in [5, 5.41) is 5.72. The molecule has 0 N–H and O–H groups in total. The van der Waals surface area contributed by atoms with Gasteiger partial charge in [-0.25, -0.2) is 9.50 Å². The monoisotopic (exact) mass is 383 g/mol. The Morgan fingerprint density at radius 2 is 2.11 bits per heavy atom. The standard InChI is InChI=1S/C20H25N5OS/c1-14(26)16-5-4-6-17(11-16)18-13-25-19(21-18)27-20(22-25)24(3)12-15-7-9-23(2)10-8-15/h4-6,11,13,15H,7-10,12H2,1-3H3. The summed E-state index contributed by atoms with van der Waals surface area (Å²) in [6, 6.07) is 7.60. The van der Waals surface area contributed by atoms with Gasteiger partial charge in [0.15, 0.2) is 5.78 Å². The molecule has 1 aromatic carbocycles. The van der Waals surface area contributed by atoms with Crippen LogP contribution in [0.3, 0.4) is 0 Å². The van der Waals surface area contributed by atoms with Crippen molar-refractivity contribution in [2.75, 3.05) is 38.6 Å². The number of carbonyl (C=O) groups is 1. The lowest BCUT2D eigenvalue weighted by atomic mass is 9.97. The molecule has 0 saturated carbocycles. The number of rotatable bonds is 5. The molecule has 0 unspecified atom stereocenters. The number of nitrogens with zero attached hydrogens (tertiary/aromatic N) is 5. The number of piperidine rings is 1. The first-order chi connectivity index (χ1) is 13.0. The number of anilines is 1. The molecule has 0 spiro atoms. The second kappa shape index (κ2) is 7.40. The van der Waals surface area contributed by atoms with Crippen LogP contribution in [0.2, 0.25) is 0 Å². The number of carbonyl (C=O) groups excluding carboxylic acids is 1. The van der Waals surface area contributed by atoms with E-state index in [0.717, 1.165) is 33.8 Å². The largest absolute Gasteiger partial charge is 0.349 e. The van der Waals surface area contributed by atoms with Gasteiger partial charge in [-0.2, -0.15) is 0 Å². The summed E-state index contributed by atoms with van der Waals surface area (Å²) in [6.45, 7) is 4.99. The second-order valence-corrected chi connectivity index (χ2v) is 8.44. The van der Waals surface area contributed by atoms with Crippen LogP contribution in [0.5, 0.6) is 0 Å². The lowest BCUT2D eigenvalue weighted by molar-refractivity contribution is 0.101. The Morgan fingerprint density at radius 1 is 1.33 bits per heavy atom. The van der Waals surface area contributed by atoms with Crippen LogP contribution >= 0.6 is 11.3 Å². The smallest absolute Gasteiger partial charge is 0.214 e. The molecule has 1 fully saturated rings. The van der Waals surface area contributed by atoms with Gasteiger partial charge in [-0.15, -0.1) is 5.10 Å². The van der Waals surface area contributed by atoms with Crippen molar-refractivity contribution in [1.29, 1.82) is 0 Å². The van der Waals surface area contributed by atoms with E-state index in [9.17, 15) is 4.79 Å². The molecule has 7 heteroatoms. The third-order valence-electron chi connectivity index (χ3n) is 5.29. The van der Waals surface area contributed by atoms with E-state index < -0.39 is 0 Å². The molecule has 6 nitrogen and oxygen atoms in total. The minimum absolute atomic E-state index is 0.0637. The van der Waals surface area contributed by atoms with Crippen LogP contribution in [-0.4, -0.2) is 59.0 Å². The minimum Gasteiger partial charge on any atom is -0.349 e. The topological polar surface area (TPSA) is 53.7 Å². The van der Waals surface area contributed by atoms with E-state index in [1.807, 2.05) is 35.0 Å². The number of hydrogen-bond donors (Lipinski definition) is 0. The van der Waals surface area contributed by atoms with Gasteiger partial charge in [0.25, 0.3) is 0 Å². The molecule has 1 aliphatic heterocycles. The molecule has 0 radical (unpaired) electrons. The van der Waals surface area contributed by atoms with Crippen LogP contribution in [-0.2, 0) is 0 Å². The molecule has 1 aliphatic rings. The summed E-state index contributed by atoms with van der Waals surface area (Å²) < 4.78 is 1.85. The molecule has 0 amide bonds. The Balaban J connectivity index is 1.50. The number of imidazole rings is 1. The maximum Gasteiger partial charge on any atom is 0.214 e. The molecule has 4 rings (SSSR count). The van der Waals surface area contributed by atoms with Crippen molar-refractivity contribution in [3.8, 4) is 11.3 Å². The average molecular weight is 384 g/mol. The van der Waals surface area contributed by atoms with Crippen LogP contribution in [0.25, 0.3) is 16.2 Å². The summed E-state index contributed by atoms with van der Waals surface area (Å²) in [6.07, 6.45) is 4.44. The van der Waals surface area contributed by atoms with Crippen molar-refractivity contribution in [1.82, 2.24) is 19.5 Å². The summed E-state index contributed by atoms with van der Waals surface area (Å²) in [4.78, 5) is 21.9. The molecule has 0 bridgehead atoms. The van der Waals surface area contributed by atoms with Crippen molar-refractivity contribution in [3.63, 3.8) is 0 Å². The fourth-order valence-corrected chi connectivity index (χ4v) is 4.44. The van der Waals surface area contributed by atoms with E-state index in [4.69, 9.17) is 10.1 Å². The van der Waals surface area contributed by atoms with Gasteiger partial charge in [-0.05, 0) is 51.9 Å². The molecule has 3 heterocycles. The van der Waals surface area contributed by atoms with E-state index >= 15 is 0 Å². The lowest BCUT2D eigenvalue weighted by Gasteiger charge is -2.31. The Labute approximate surface area is 163 Å². The molecule has 0 atom stereocenters. The normalized spacial score (nSPS) is 16.1. The molecule has 142 valence electrons. The van der Waals surface area contributed by atoms with E-state index in [0.29, 0.717) is 5.56 Å². The summed E-state index contributed by atoms with van der Waals surface area (Å²) >= 11 is 1.61. The van der Waals surface area contributed by atoms with Gasteiger partial charge in [0, 0.05) is 24.7 Å². The van der Waals surface area contributed by atoms with Gasteiger partial charge in [0.05, 0.1) is 11.9 Å². The first kappa shape index (κ1) is 18.1. The SMILES string of the molecule is CC(=O)c1cccc(-c2cn3nc(N(C)CC4CCN(C)CC4)sc3n2)c1. The van der Waals surface area contributed by atoms with E-state index in [2.05, 4.69) is 23.9 Å². The van der Waals surface area contributed by atoms with Crippen LogP contribution in [0, 0.1) is 5.92 Å². The average Bonchev–Trinajstić information content (AvgIpc) is 3.23. The number of likely N-dealkylation sites (tertiary alicyclic amines) is 1. The van der Waals surface area contributed by atoms with Crippen molar-refractivity contribution < 1.29 is 4.79 Å². The summed E-state index contributed by atoms with van der Waals surface area (Å²) in [7, 11) is 4.31. The zero-order valence-corrected chi connectivity index (χ0v) is 16.9. The molecular formula is C20H25N5OS. The first-order valence-electron chi connectivity index (χ1n) is 9.37. The first-order valence-corrected chi connectivity index (χ1v) is 10.2. The van der Waals surface area contributed by atoms with Crippen molar-refractivity contribution in [3.05, 3.63) is 36.0 Å². The fourth-order valence-electron chi connectivity index (χ4n) is 3.59. The zero-order chi connectivity index (χ0) is 19.0. The predicted molar refractivity (Wildman–Crippen MR) is 110 cm³/mol. The number of fused-ring (bicyclic) bond motifs is 1. The highest BCUT2D eigenvalue weighted by molar-refractivity contribution is 7.20. The Kier molecular flexibility index (Phi) is 4.97. The predicted octanol–water partition coefficient (Wildman–Crippen LogP) is 3.44. The number of benzene rings is 1. The van der Waals surface area contributed by atoms with Crippen LogP contribution in [0.15, 0.2) is 30.5 Å². The van der Waals surface area contributed by atoms with Gasteiger partial charge in [-0.1, -0.05) is 29.5 Å². The van der Waals surface area contributed by atoms with Gasteiger partial charge in [0.1, 0.15) is 0 Å². The summed E-state index contributed by atoms with van der Waals surface area (Å²) in [5.74, 6) is 0.793. The zero-order valence-electron chi connectivity index (χ0n) is 16.1. The maximum atomic E-state index is 11.6.